The third-order valence-electron chi connectivity index (χ3n) is 5.61. The first-order chi connectivity index (χ1) is 12.1. The summed E-state index contributed by atoms with van der Waals surface area (Å²) in [6.45, 7) is 2.69. The van der Waals surface area contributed by atoms with Crippen LogP contribution in [0.2, 0.25) is 0 Å². The fourth-order valence-electron chi connectivity index (χ4n) is 4.37. The molecule has 1 amide bonds. The van der Waals surface area contributed by atoms with E-state index in [0.29, 0.717) is 25.4 Å². The van der Waals surface area contributed by atoms with Crippen LogP contribution in [-0.2, 0) is 11.3 Å². The van der Waals surface area contributed by atoms with Crippen LogP contribution in [0.1, 0.15) is 50.5 Å². The topological polar surface area (TPSA) is 56.7 Å². The van der Waals surface area contributed by atoms with Crippen LogP contribution in [0.25, 0.3) is 0 Å². The van der Waals surface area contributed by atoms with Gasteiger partial charge in [-0.15, -0.1) is 0 Å². The van der Waals surface area contributed by atoms with Crippen LogP contribution in [0.4, 0.5) is 0 Å². The summed E-state index contributed by atoms with van der Waals surface area (Å²) in [6.07, 6.45) is 11.4. The van der Waals surface area contributed by atoms with E-state index in [1.165, 1.54) is 32.1 Å². The van der Waals surface area contributed by atoms with Crippen LogP contribution < -0.4 is 0 Å². The van der Waals surface area contributed by atoms with E-state index < -0.39 is 5.60 Å². The highest BCUT2D eigenvalue weighted by Crippen LogP contribution is 2.29. The van der Waals surface area contributed by atoms with Crippen LogP contribution in [0, 0.1) is 5.92 Å². The zero-order valence-corrected chi connectivity index (χ0v) is 15.4. The zero-order chi connectivity index (χ0) is 17.7. The third kappa shape index (κ3) is 4.79. The van der Waals surface area contributed by atoms with E-state index in [1.807, 2.05) is 35.2 Å². The van der Waals surface area contributed by atoms with Gasteiger partial charge in [0.05, 0.1) is 0 Å². The summed E-state index contributed by atoms with van der Waals surface area (Å²) in [5.74, 6) is 0.551. The molecule has 0 bridgehead atoms. The lowest BCUT2D eigenvalue weighted by atomic mass is 9.86. The summed E-state index contributed by atoms with van der Waals surface area (Å²) >= 11 is 0. The normalized spacial score (nSPS) is 25.6. The Morgan fingerprint density at radius 2 is 2.12 bits per heavy atom. The fourth-order valence-corrected chi connectivity index (χ4v) is 4.37. The molecule has 0 spiro atoms. The second-order valence-corrected chi connectivity index (χ2v) is 7.92. The number of pyridine rings is 1. The van der Waals surface area contributed by atoms with Crippen molar-refractivity contribution >= 4 is 5.91 Å². The maximum absolute atomic E-state index is 12.9. The monoisotopic (exact) mass is 345 g/mol. The molecule has 138 valence electrons. The van der Waals surface area contributed by atoms with Crippen molar-refractivity contribution < 1.29 is 9.90 Å². The van der Waals surface area contributed by atoms with E-state index in [1.54, 1.807) is 6.20 Å². The first-order valence-electron chi connectivity index (χ1n) is 9.66. The molecule has 1 saturated carbocycles. The summed E-state index contributed by atoms with van der Waals surface area (Å²) in [5, 5.41) is 11.0. The van der Waals surface area contributed by atoms with Gasteiger partial charge in [0.15, 0.2) is 5.60 Å². The molecule has 1 aromatic heterocycles. The summed E-state index contributed by atoms with van der Waals surface area (Å²) in [7, 11) is 1.96. The maximum Gasteiger partial charge on any atom is 0.255 e. The van der Waals surface area contributed by atoms with Crippen molar-refractivity contribution in [3.63, 3.8) is 0 Å². The number of rotatable bonds is 6. The van der Waals surface area contributed by atoms with Crippen LogP contribution in [-0.4, -0.2) is 58.1 Å². The number of hydrogen-bond donors (Lipinski definition) is 1. The molecule has 5 heteroatoms. The number of nitrogens with zero attached hydrogens (tertiary/aromatic N) is 3. The zero-order valence-electron chi connectivity index (χ0n) is 15.4. The Bertz CT molecular complexity index is 559. The van der Waals surface area contributed by atoms with Gasteiger partial charge in [-0.25, -0.2) is 0 Å². The molecule has 1 aromatic rings. The van der Waals surface area contributed by atoms with Gasteiger partial charge in [0.1, 0.15) is 0 Å². The van der Waals surface area contributed by atoms with Crippen molar-refractivity contribution in [2.75, 3.05) is 26.7 Å². The van der Waals surface area contributed by atoms with Crippen LogP contribution in [0.15, 0.2) is 24.5 Å². The Morgan fingerprint density at radius 3 is 2.84 bits per heavy atom. The van der Waals surface area contributed by atoms with Gasteiger partial charge >= 0.3 is 0 Å². The molecule has 3 rings (SSSR count). The average Bonchev–Trinajstić information content (AvgIpc) is 2.61. The summed E-state index contributed by atoms with van der Waals surface area (Å²) in [6, 6.07) is 3.93. The lowest BCUT2D eigenvalue weighted by Crippen LogP contribution is -2.58. The molecule has 25 heavy (non-hydrogen) atoms. The quantitative estimate of drug-likeness (QED) is 0.860. The van der Waals surface area contributed by atoms with Gasteiger partial charge in [-0.3, -0.25) is 14.7 Å². The Labute approximate surface area is 151 Å². The summed E-state index contributed by atoms with van der Waals surface area (Å²) in [4.78, 5) is 21.0. The van der Waals surface area contributed by atoms with Gasteiger partial charge in [0.2, 0.25) is 0 Å². The van der Waals surface area contributed by atoms with E-state index in [0.717, 1.165) is 25.1 Å². The SMILES string of the molecule is CN(Cc1cccnc1)C[C@]1(O)CCCN(CC2CCCCC2)C1=O. The lowest BCUT2D eigenvalue weighted by molar-refractivity contribution is -0.160. The highest BCUT2D eigenvalue weighted by Gasteiger charge is 2.43. The second kappa shape index (κ2) is 8.28. The molecule has 1 N–H and O–H groups in total. The molecule has 1 aliphatic carbocycles. The third-order valence-corrected chi connectivity index (χ3v) is 5.61. The minimum absolute atomic E-state index is 0.0673. The van der Waals surface area contributed by atoms with Gasteiger partial charge in [0.25, 0.3) is 5.91 Å². The number of carbonyl (C=O) groups is 1. The highest BCUT2D eigenvalue weighted by molar-refractivity contribution is 5.86. The van der Waals surface area contributed by atoms with Crippen molar-refractivity contribution in [3.8, 4) is 0 Å². The van der Waals surface area contributed by atoms with Gasteiger partial charge in [-0.1, -0.05) is 25.3 Å². The predicted octanol–water partition coefficient (Wildman–Crippen LogP) is 2.45. The van der Waals surface area contributed by atoms with Crippen LogP contribution in [0.3, 0.4) is 0 Å². The molecule has 2 aliphatic rings. The first-order valence-corrected chi connectivity index (χ1v) is 9.66. The largest absolute Gasteiger partial charge is 0.379 e. The number of likely N-dealkylation sites (tertiary alicyclic amines) is 1. The molecule has 1 aliphatic heterocycles. The van der Waals surface area contributed by atoms with E-state index in [4.69, 9.17) is 0 Å². The first kappa shape index (κ1) is 18.3. The summed E-state index contributed by atoms with van der Waals surface area (Å²) in [5.41, 5.74) is -0.153. The molecule has 2 heterocycles. The van der Waals surface area contributed by atoms with Crippen molar-refractivity contribution in [2.45, 2.75) is 57.1 Å². The van der Waals surface area contributed by atoms with Crippen molar-refractivity contribution in [1.29, 1.82) is 0 Å². The number of aromatic nitrogens is 1. The Balaban J connectivity index is 1.58. The minimum Gasteiger partial charge on any atom is -0.379 e. The van der Waals surface area contributed by atoms with Crippen molar-refractivity contribution in [1.82, 2.24) is 14.8 Å². The molecular weight excluding hydrogens is 314 g/mol. The average molecular weight is 345 g/mol. The Morgan fingerprint density at radius 1 is 1.32 bits per heavy atom. The molecule has 1 saturated heterocycles. The predicted molar refractivity (Wildman–Crippen MR) is 97.9 cm³/mol. The van der Waals surface area contributed by atoms with Crippen LogP contribution in [0.5, 0.6) is 0 Å². The molecule has 0 unspecified atom stereocenters. The fraction of sp³-hybridized carbons (Fsp3) is 0.700. The number of aliphatic hydroxyl groups is 1. The molecule has 0 aromatic carbocycles. The van der Waals surface area contributed by atoms with Gasteiger partial charge in [-0.05, 0) is 50.3 Å². The van der Waals surface area contributed by atoms with E-state index in [9.17, 15) is 9.90 Å². The number of amides is 1. The van der Waals surface area contributed by atoms with Gasteiger partial charge in [-0.2, -0.15) is 0 Å². The van der Waals surface area contributed by atoms with Crippen molar-refractivity contribution in [2.24, 2.45) is 5.92 Å². The number of likely N-dealkylation sites (N-methyl/N-ethyl adjacent to an activating group) is 1. The van der Waals surface area contributed by atoms with E-state index in [-0.39, 0.29) is 5.91 Å². The van der Waals surface area contributed by atoms with Gasteiger partial charge in [0, 0.05) is 38.6 Å². The molecule has 0 radical (unpaired) electrons. The molecule has 1 atom stereocenters. The number of carbonyl (C=O) groups excluding carboxylic acids is 1. The minimum atomic E-state index is -1.25. The van der Waals surface area contributed by atoms with E-state index in [2.05, 4.69) is 4.98 Å². The second-order valence-electron chi connectivity index (χ2n) is 7.92. The van der Waals surface area contributed by atoms with E-state index >= 15 is 0 Å². The van der Waals surface area contributed by atoms with Gasteiger partial charge < -0.3 is 10.0 Å². The highest BCUT2D eigenvalue weighted by atomic mass is 16.3. The molecule has 5 nitrogen and oxygen atoms in total. The number of piperidine rings is 1. The molecular formula is C20H31N3O2. The van der Waals surface area contributed by atoms with Crippen LogP contribution >= 0.6 is 0 Å². The molecule has 2 fully saturated rings. The lowest BCUT2D eigenvalue weighted by Gasteiger charge is -2.41. The number of hydrogen-bond acceptors (Lipinski definition) is 4. The van der Waals surface area contributed by atoms with Crippen molar-refractivity contribution in [3.05, 3.63) is 30.1 Å². The Kier molecular flexibility index (Phi) is 6.07. The Hall–Kier alpha value is -1.46. The smallest absolute Gasteiger partial charge is 0.255 e. The standard InChI is InChI=1S/C20H31N3O2/c1-22(14-18-9-5-11-21-13-18)16-20(25)10-6-12-23(19(20)24)15-17-7-3-2-4-8-17/h5,9,11,13,17,25H,2-4,6-8,10,12,14-16H2,1H3/t20-/m1/s1. The maximum atomic E-state index is 12.9. The summed E-state index contributed by atoms with van der Waals surface area (Å²) < 4.78 is 0.